The molecule has 2 aliphatic rings. The Hall–Kier alpha value is -0.820. The Morgan fingerprint density at radius 3 is 2.50 bits per heavy atom. The molecule has 0 radical (unpaired) electrons. The summed E-state index contributed by atoms with van der Waals surface area (Å²) in [6, 6.07) is 11.5. The van der Waals surface area contributed by atoms with E-state index >= 15 is 0 Å². The number of piperidine rings is 1. The molecule has 1 aromatic rings. The highest BCUT2D eigenvalue weighted by atomic mass is 127. The number of hydrogen-bond acceptors (Lipinski definition) is 2. The minimum atomic E-state index is 0. The first-order chi connectivity index (χ1) is 12.2. The Balaban J connectivity index is 0.00000243. The van der Waals surface area contributed by atoms with Gasteiger partial charge in [-0.25, -0.2) is 0 Å². The molecule has 1 heterocycles. The molecule has 2 fully saturated rings. The van der Waals surface area contributed by atoms with Crippen molar-refractivity contribution in [2.75, 3.05) is 33.7 Å². The minimum Gasteiger partial charge on any atom is -0.356 e. The molecule has 1 atom stereocenters. The average molecular weight is 470 g/mol. The van der Waals surface area contributed by atoms with Gasteiger partial charge in [0, 0.05) is 26.2 Å². The number of likely N-dealkylation sites (tertiary alicyclic amines) is 1. The van der Waals surface area contributed by atoms with E-state index < -0.39 is 0 Å². The molecule has 3 rings (SSSR count). The maximum Gasteiger partial charge on any atom is 0.191 e. The van der Waals surface area contributed by atoms with Gasteiger partial charge in [0.1, 0.15) is 0 Å². The van der Waals surface area contributed by atoms with Gasteiger partial charge >= 0.3 is 0 Å². The van der Waals surface area contributed by atoms with Crippen LogP contribution in [0.2, 0.25) is 0 Å². The van der Waals surface area contributed by atoms with Crippen LogP contribution < -0.4 is 10.6 Å². The Bertz CT molecular complexity index is 540. The number of aliphatic imine (C=N–C) groups is 1. The van der Waals surface area contributed by atoms with Gasteiger partial charge in [-0.15, -0.1) is 24.0 Å². The number of hydrogen-bond donors (Lipinski definition) is 2. The van der Waals surface area contributed by atoms with Crippen molar-refractivity contribution in [3.05, 3.63) is 35.9 Å². The predicted molar refractivity (Wildman–Crippen MR) is 122 cm³/mol. The van der Waals surface area contributed by atoms with Gasteiger partial charge in [-0.2, -0.15) is 0 Å². The number of guanidine groups is 1. The van der Waals surface area contributed by atoms with Crippen molar-refractivity contribution >= 4 is 29.9 Å². The van der Waals surface area contributed by atoms with Gasteiger partial charge in [0.15, 0.2) is 5.96 Å². The van der Waals surface area contributed by atoms with Crippen LogP contribution in [0.1, 0.15) is 50.0 Å². The third-order valence-corrected chi connectivity index (χ3v) is 5.84. The molecule has 26 heavy (non-hydrogen) atoms. The molecule has 146 valence electrons. The summed E-state index contributed by atoms with van der Waals surface area (Å²) in [7, 11) is 4.11. The summed E-state index contributed by atoms with van der Waals surface area (Å²) in [5.74, 6) is 2.45. The molecule has 1 saturated carbocycles. The molecular formula is C21H35IN4. The lowest BCUT2D eigenvalue weighted by molar-refractivity contribution is 0.210. The maximum absolute atomic E-state index is 4.44. The number of nitrogens with one attached hydrogen (secondary N) is 2. The summed E-state index contributed by atoms with van der Waals surface area (Å²) in [6.07, 6.45) is 7.64. The van der Waals surface area contributed by atoms with Crippen molar-refractivity contribution in [2.24, 2.45) is 10.9 Å². The van der Waals surface area contributed by atoms with E-state index in [1.54, 1.807) is 0 Å². The second kappa shape index (κ2) is 11.1. The molecular weight excluding hydrogens is 435 g/mol. The van der Waals surface area contributed by atoms with Crippen molar-refractivity contribution in [2.45, 2.75) is 50.5 Å². The van der Waals surface area contributed by atoms with Crippen LogP contribution >= 0.6 is 24.0 Å². The van der Waals surface area contributed by atoms with Crippen LogP contribution in [0.4, 0.5) is 0 Å². The molecule has 1 saturated heterocycles. The average Bonchev–Trinajstić information content (AvgIpc) is 2.66. The fourth-order valence-electron chi connectivity index (χ4n) is 4.37. The quantitative estimate of drug-likeness (QED) is 0.399. The van der Waals surface area contributed by atoms with Crippen LogP contribution in [0.3, 0.4) is 0 Å². The zero-order valence-corrected chi connectivity index (χ0v) is 18.6. The van der Waals surface area contributed by atoms with Crippen LogP contribution in [0.25, 0.3) is 0 Å². The zero-order chi connectivity index (χ0) is 17.5. The molecule has 0 bridgehead atoms. The fraction of sp³-hybridized carbons (Fsp3) is 0.667. The summed E-state index contributed by atoms with van der Waals surface area (Å²) in [4.78, 5) is 6.88. The maximum atomic E-state index is 4.44. The first-order valence-electron chi connectivity index (χ1n) is 9.95. The molecule has 0 aromatic heterocycles. The number of nitrogens with zero attached hydrogens (tertiary/aromatic N) is 2. The van der Waals surface area contributed by atoms with Crippen molar-refractivity contribution in [3.8, 4) is 0 Å². The summed E-state index contributed by atoms with van der Waals surface area (Å²) in [6.45, 7) is 3.48. The normalized spacial score (nSPS) is 27.5. The van der Waals surface area contributed by atoms with Crippen molar-refractivity contribution < 1.29 is 0 Å². The Labute approximate surface area is 176 Å². The lowest BCUT2D eigenvalue weighted by Gasteiger charge is -2.32. The Morgan fingerprint density at radius 1 is 1.12 bits per heavy atom. The second-order valence-electron chi connectivity index (χ2n) is 7.83. The first kappa shape index (κ1) is 21.5. The van der Waals surface area contributed by atoms with E-state index in [9.17, 15) is 0 Å². The molecule has 0 spiro atoms. The summed E-state index contributed by atoms with van der Waals surface area (Å²) in [5.41, 5.74) is 1.50. The highest BCUT2D eigenvalue weighted by Gasteiger charge is 2.23. The zero-order valence-electron chi connectivity index (χ0n) is 16.3. The van der Waals surface area contributed by atoms with E-state index in [0.29, 0.717) is 6.04 Å². The molecule has 1 aliphatic carbocycles. The Kier molecular flexibility index (Phi) is 9.19. The van der Waals surface area contributed by atoms with Crippen molar-refractivity contribution in [1.82, 2.24) is 15.5 Å². The summed E-state index contributed by atoms with van der Waals surface area (Å²) < 4.78 is 0. The third-order valence-electron chi connectivity index (χ3n) is 5.84. The van der Waals surface area contributed by atoms with Crippen LogP contribution in [-0.2, 0) is 0 Å². The minimum absolute atomic E-state index is 0. The number of rotatable bonds is 4. The van der Waals surface area contributed by atoms with Crippen molar-refractivity contribution in [3.63, 3.8) is 0 Å². The smallest absolute Gasteiger partial charge is 0.191 e. The van der Waals surface area contributed by atoms with E-state index in [2.05, 4.69) is 57.9 Å². The van der Waals surface area contributed by atoms with Crippen LogP contribution in [-0.4, -0.2) is 50.6 Å². The van der Waals surface area contributed by atoms with Gasteiger partial charge < -0.3 is 15.5 Å². The molecule has 0 amide bonds. The van der Waals surface area contributed by atoms with Crippen LogP contribution in [0, 0.1) is 5.92 Å². The molecule has 5 heteroatoms. The van der Waals surface area contributed by atoms with Crippen LogP contribution in [0.5, 0.6) is 0 Å². The lowest BCUT2D eigenvalue weighted by atomic mass is 9.82. The van der Waals surface area contributed by atoms with E-state index in [4.69, 9.17) is 0 Å². The largest absolute Gasteiger partial charge is 0.356 e. The fourth-order valence-corrected chi connectivity index (χ4v) is 4.37. The van der Waals surface area contributed by atoms with E-state index in [1.165, 1.54) is 57.2 Å². The monoisotopic (exact) mass is 470 g/mol. The standard InChI is InChI=1S/C21H34N4.HI/c1-22-21(23-15-17-7-6-14-25(2)16-17)24-20-12-10-19(11-13-20)18-8-4-3-5-9-18;/h3-5,8-9,17,19-20H,6-7,10-16H2,1-2H3,(H2,22,23,24);1H. The number of halogens is 1. The van der Waals surface area contributed by atoms with Crippen LogP contribution in [0.15, 0.2) is 35.3 Å². The second-order valence-corrected chi connectivity index (χ2v) is 7.83. The van der Waals surface area contributed by atoms with Crippen molar-refractivity contribution in [1.29, 1.82) is 0 Å². The molecule has 1 aromatic carbocycles. The SMILES string of the molecule is CN=C(NCC1CCCN(C)C1)NC1CCC(c2ccccc2)CC1.I. The number of benzene rings is 1. The van der Waals surface area contributed by atoms with Gasteiger partial charge in [-0.1, -0.05) is 30.3 Å². The lowest BCUT2D eigenvalue weighted by Crippen LogP contribution is -2.47. The Morgan fingerprint density at radius 2 is 1.85 bits per heavy atom. The van der Waals surface area contributed by atoms with Gasteiger partial charge in [-0.05, 0) is 69.5 Å². The topological polar surface area (TPSA) is 39.7 Å². The van der Waals surface area contributed by atoms with E-state index in [1.807, 2.05) is 7.05 Å². The van der Waals surface area contributed by atoms with Gasteiger partial charge in [-0.3, -0.25) is 4.99 Å². The third kappa shape index (κ3) is 6.41. The van der Waals surface area contributed by atoms with Gasteiger partial charge in [0.05, 0.1) is 0 Å². The highest BCUT2D eigenvalue weighted by Crippen LogP contribution is 2.32. The molecule has 4 nitrogen and oxygen atoms in total. The molecule has 2 N–H and O–H groups in total. The molecule has 1 aliphatic heterocycles. The van der Waals surface area contributed by atoms with Gasteiger partial charge in [0.2, 0.25) is 0 Å². The summed E-state index contributed by atoms with van der Waals surface area (Å²) >= 11 is 0. The first-order valence-corrected chi connectivity index (χ1v) is 9.95. The summed E-state index contributed by atoms with van der Waals surface area (Å²) in [5, 5.41) is 7.22. The highest BCUT2D eigenvalue weighted by molar-refractivity contribution is 14.0. The van der Waals surface area contributed by atoms with E-state index in [-0.39, 0.29) is 24.0 Å². The molecule has 1 unspecified atom stereocenters. The van der Waals surface area contributed by atoms with E-state index in [0.717, 1.165) is 24.3 Å². The predicted octanol–water partition coefficient (Wildman–Crippen LogP) is 3.84. The van der Waals surface area contributed by atoms with Gasteiger partial charge in [0.25, 0.3) is 0 Å².